The van der Waals surface area contributed by atoms with Crippen LogP contribution in [0.15, 0.2) is 35.2 Å². The first-order chi connectivity index (χ1) is 13.5. The van der Waals surface area contributed by atoms with E-state index in [1.807, 2.05) is 4.72 Å². The van der Waals surface area contributed by atoms with E-state index in [1.165, 1.54) is 0 Å². The molecule has 0 fully saturated rings. The van der Waals surface area contributed by atoms with Crippen LogP contribution in [0.25, 0.3) is 0 Å². The highest BCUT2D eigenvalue weighted by Crippen LogP contribution is 2.29. The number of ether oxygens (including phenoxy) is 1. The number of aryl methyl sites for hydroxylation is 3. The normalized spacial score (nSPS) is 15.0. The highest BCUT2D eigenvalue weighted by atomic mass is 32.2. The Labute approximate surface area is 168 Å². The first kappa shape index (κ1) is 21.4. The maximum Gasteiger partial charge on any atom is 0.406 e. The van der Waals surface area contributed by atoms with E-state index in [0.717, 1.165) is 17.5 Å². The molecule has 0 radical (unpaired) electrons. The fourth-order valence-corrected chi connectivity index (χ4v) is 5.23. The molecule has 3 rings (SSSR count). The molecule has 0 saturated carbocycles. The highest BCUT2D eigenvalue weighted by Gasteiger charge is 2.42. The number of rotatable bonds is 6. The van der Waals surface area contributed by atoms with Crippen LogP contribution >= 0.6 is 0 Å². The van der Waals surface area contributed by atoms with Crippen molar-refractivity contribution in [3.63, 3.8) is 0 Å². The number of hydrogen-bond acceptors (Lipinski definition) is 4. The van der Waals surface area contributed by atoms with Crippen molar-refractivity contribution in [2.24, 2.45) is 0 Å². The molecule has 2 aromatic carbocycles. The summed E-state index contributed by atoms with van der Waals surface area (Å²) in [6.07, 6.45) is -4.00. The zero-order valence-corrected chi connectivity index (χ0v) is 17.2. The van der Waals surface area contributed by atoms with Crippen LogP contribution < -0.4 is 14.8 Å². The monoisotopic (exact) mass is 428 g/mol. The molecule has 2 aromatic rings. The molecule has 0 saturated heterocycles. The SMILES string of the molecule is Cc1cc(C)c(S(=O)(=O)NC(CNc2ccc3c(c2)OCC3)C(F)(F)F)c(C)c1. The molecule has 158 valence electrons. The minimum Gasteiger partial charge on any atom is -0.493 e. The molecule has 1 unspecified atom stereocenters. The Balaban J connectivity index is 1.81. The van der Waals surface area contributed by atoms with Crippen LogP contribution in [-0.2, 0) is 16.4 Å². The minimum absolute atomic E-state index is 0.122. The Morgan fingerprint density at radius 2 is 1.76 bits per heavy atom. The third-order valence-corrected chi connectivity index (χ3v) is 6.55. The topological polar surface area (TPSA) is 67.4 Å². The van der Waals surface area contributed by atoms with Gasteiger partial charge in [-0.1, -0.05) is 23.8 Å². The first-order valence-corrected chi connectivity index (χ1v) is 10.6. The van der Waals surface area contributed by atoms with Crippen LogP contribution in [0.5, 0.6) is 5.75 Å². The number of sulfonamides is 1. The predicted molar refractivity (Wildman–Crippen MR) is 105 cm³/mol. The number of benzene rings is 2. The Bertz CT molecular complexity index is 997. The maximum absolute atomic E-state index is 13.6. The van der Waals surface area contributed by atoms with Gasteiger partial charge in [-0.2, -0.15) is 17.9 Å². The molecule has 5 nitrogen and oxygen atoms in total. The van der Waals surface area contributed by atoms with Crippen LogP contribution in [0, 0.1) is 20.8 Å². The fraction of sp³-hybridized carbons (Fsp3) is 0.400. The number of fused-ring (bicyclic) bond motifs is 1. The van der Waals surface area contributed by atoms with Gasteiger partial charge in [-0.25, -0.2) is 8.42 Å². The molecule has 1 aliphatic rings. The standard InChI is InChI=1S/C20H23F3N2O3S/c1-12-8-13(2)19(14(3)9-12)29(26,27)25-18(20(21,22)23)11-24-16-5-4-15-6-7-28-17(15)10-16/h4-5,8-10,18,24-25H,6-7,11H2,1-3H3. The van der Waals surface area contributed by atoms with Crippen LogP contribution in [0.4, 0.5) is 18.9 Å². The Morgan fingerprint density at radius 1 is 1.10 bits per heavy atom. The second-order valence-corrected chi connectivity index (χ2v) is 8.90. The molecule has 9 heteroatoms. The quantitative estimate of drug-likeness (QED) is 0.733. The molecule has 1 atom stereocenters. The number of anilines is 1. The fourth-order valence-electron chi connectivity index (χ4n) is 3.56. The molecule has 1 heterocycles. The van der Waals surface area contributed by atoms with E-state index in [0.29, 0.717) is 29.2 Å². The molecule has 2 N–H and O–H groups in total. The lowest BCUT2D eigenvalue weighted by Gasteiger charge is -2.23. The van der Waals surface area contributed by atoms with E-state index < -0.39 is 28.8 Å². The molecule has 0 aliphatic carbocycles. The van der Waals surface area contributed by atoms with Gasteiger partial charge in [0.05, 0.1) is 11.5 Å². The maximum atomic E-state index is 13.6. The molecule has 29 heavy (non-hydrogen) atoms. The molecule has 0 bridgehead atoms. The van der Waals surface area contributed by atoms with Crippen molar-refractivity contribution in [3.8, 4) is 5.75 Å². The summed E-state index contributed by atoms with van der Waals surface area (Å²) in [5, 5.41) is 2.67. The summed E-state index contributed by atoms with van der Waals surface area (Å²) < 4.78 is 73.4. The van der Waals surface area contributed by atoms with Gasteiger partial charge in [-0.3, -0.25) is 0 Å². The Hall–Kier alpha value is -2.26. The van der Waals surface area contributed by atoms with Crippen molar-refractivity contribution >= 4 is 15.7 Å². The van der Waals surface area contributed by atoms with Gasteiger partial charge in [0.25, 0.3) is 0 Å². The minimum atomic E-state index is -4.76. The third-order valence-electron chi connectivity index (χ3n) is 4.77. The predicted octanol–water partition coefficient (Wildman–Crippen LogP) is 3.87. The van der Waals surface area contributed by atoms with Gasteiger partial charge >= 0.3 is 6.18 Å². The molecular weight excluding hydrogens is 405 g/mol. The Morgan fingerprint density at radius 3 is 2.38 bits per heavy atom. The van der Waals surface area contributed by atoms with Gasteiger partial charge in [0.15, 0.2) is 0 Å². The van der Waals surface area contributed by atoms with Crippen molar-refractivity contribution in [2.75, 3.05) is 18.5 Å². The molecular formula is C20H23F3N2O3S. The number of halogens is 3. The summed E-state index contributed by atoms with van der Waals surface area (Å²) in [6.45, 7) is 4.83. The average molecular weight is 428 g/mol. The summed E-state index contributed by atoms with van der Waals surface area (Å²) in [5.74, 6) is 0.630. The van der Waals surface area contributed by atoms with Crippen molar-refractivity contribution in [1.29, 1.82) is 0 Å². The molecule has 0 spiro atoms. The van der Waals surface area contributed by atoms with Crippen LogP contribution in [0.3, 0.4) is 0 Å². The average Bonchev–Trinajstić information content (AvgIpc) is 3.04. The van der Waals surface area contributed by atoms with E-state index in [4.69, 9.17) is 4.74 Å². The first-order valence-electron chi connectivity index (χ1n) is 9.14. The van der Waals surface area contributed by atoms with E-state index in [9.17, 15) is 21.6 Å². The van der Waals surface area contributed by atoms with Crippen molar-refractivity contribution in [3.05, 3.63) is 52.6 Å². The number of hydrogen-bond donors (Lipinski definition) is 2. The zero-order chi connectivity index (χ0) is 21.4. The lowest BCUT2D eigenvalue weighted by atomic mass is 10.1. The summed E-state index contributed by atoms with van der Waals surface area (Å²) >= 11 is 0. The van der Waals surface area contributed by atoms with Crippen molar-refractivity contribution in [1.82, 2.24) is 4.72 Å². The second kappa shape index (κ2) is 7.87. The van der Waals surface area contributed by atoms with Crippen LogP contribution in [-0.4, -0.2) is 33.8 Å². The molecule has 0 aromatic heterocycles. The van der Waals surface area contributed by atoms with E-state index in [2.05, 4.69) is 5.32 Å². The number of alkyl halides is 3. The van der Waals surface area contributed by atoms with Gasteiger partial charge in [-0.15, -0.1) is 0 Å². The van der Waals surface area contributed by atoms with Gasteiger partial charge in [0.1, 0.15) is 11.8 Å². The molecule has 0 amide bonds. The van der Waals surface area contributed by atoms with Gasteiger partial charge in [0.2, 0.25) is 10.0 Å². The smallest absolute Gasteiger partial charge is 0.406 e. The van der Waals surface area contributed by atoms with Gasteiger partial charge in [-0.05, 0) is 43.5 Å². The molecule has 1 aliphatic heterocycles. The summed E-state index contributed by atoms with van der Waals surface area (Å²) in [6, 6.07) is 6.04. The number of nitrogens with one attached hydrogen (secondary N) is 2. The Kier molecular flexibility index (Phi) is 5.82. The summed E-state index contributed by atoms with van der Waals surface area (Å²) in [7, 11) is -4.37. The lowest BCUT2D eigenvalue weighted by Crippen LogP contribution is -2.49. The largest absolute Gasteiger partial charge is 0.493 e. The van der Waals surface area contributed by atoms with Gasteiger partial charge in [0, 0.05) is 24.7 Å². The zero-order valence-electron chi connectivity index (χ0n) is 16.4. The van der Waals surface area contributed by atoms with Crippen LogP contribution in [0.2, 0.25) is 0 Å². The van der Waals surface area contributed by atoms with E-state index >= 15 is 0 Å². The van der Waals surface area contributed by atoms with E-state index in [-0.39, 0.29) is 4.90 Å². The van der Waals surface area contributed by atoms with Crippen molar-refractivity contribution in [2.45, 2.75) is 44.3 Å². The third kappa shape index (κ3) is 4.84. The summed E-state index contributed by atoms with van der Waals surface area (Å²) in [4.78, 5) is -0.122. The highest BCUT2D eigenvalue weighted by molar-refractivity contribution is 7.89. The van der Waals surface area contributed by atoms with Crippen molar-refractivity contribution < 1.29 is 26.3 Å². The lowest BCUT2D eigenvalue weighted by molar-refractivity contribution is -0.148. The summed E-state index contributed by atoms with van der Waals surface area (Å²) in [5.41, 5.74) is 3.07. The second-order valence-electron chi connectivity index (χ2n) is 7.25. The van der Waals surface area contributed by atoms with Gasteiger partial charge < -0.3 is 10.1 Å². The van der Waals surface area contributed by atoms with Crippen LogP contribution in [0.1, 0.15) is 22.3 Å². The van der Waals surface area contributed by atoms with E-state index in [1.54, 1.807) is 51.1 Å².